The summed E-state index contributed by atoms with van der Waals surface area (Å²) in [7, 11) is 1.72. The molecule has 1 amide bonds. The van der Waals surface area contributed by atoms with E-state index in [0.29, 0.717) is 11.6 Å². The predicted molar refractivity (Wildman–Crippen MR) is 78.0 cm³/mol. The van der Waals surface area contributed by atoms with Crippen LogP contribution in [0.5, 0.6) is 0 Å². The van der Waals surface area contributed by atoms with E-state index in [1.54, 1.807) is 30.1 Å². The molecule has 20 heavy (non-hydrogen) atoms. The van der Waals surface area contributed by atoms with Gasteiger partial charge in [0, 0.05) is 18.6 Å². The summed E-state index contributed by atoms with van der Waals surface area (Å²) in [5, 5.41) is 0.594. The van der Waals surface area contributed by atoms with E-state index in [1.165, 1.54) is 12.1 Å². The minimum absolute atomic E-state index is 0.0255. The van der Waals surface area contributed by atoms with Crippen LogP contribution in [-0.4, -0.2) is 17.9 Å². The van der Waals surface area contributed by atoms with Gasteiger partial charge in [-0.1, -0.05) is 41.9 Å². The first-order chi connectivity index (χ1) is 9.56. The Bertz CT molecular complexity index is 598. The highest BCUT2D eigenvalue weighted by atomic mass is 35.5. The molecule has 0 atom stereocenters. The van der Waals surface area contributed by atoms with Gasteiger partial charge in [-0.05, 0) is 29.3 Å². The van der Waals surface area contributed by atoms with E-state index in [1.807, 2.05) is 18.2 Å². The van der Waals surface area contributed by atoms with Crippen molar-refractivity contribution in [2.24, 2.45) is 0 Å². The Morgan fingerprint density at radius 3 is 2.45 bits per heavy atom. The van der Waals surface area contributed by atoms with Gasteiger partial charge in [-0.25, -0.2) is 4.39 Å². The number of rotatable bonds is 4. The molecule has 0 aliphatic heterocycles. The minimum Gasteiger partial charge on any atom is -0.341 e. The summed E-state index contributed by atoms with van der Waals surface area (Å²) in [5.74, 6) is -0.304. The van der Waals surface area contributed by atoms with E-state index < -0.39 is 0 Å². The summed E-state index contributed by atoms with van der Waals surface area (Å²) in [4.78, 5) is 13.7. The number of likely N-dealkylation sites (N-methyl/N-ethyl adjacent to an activating group) is 1. The summed E-state index contributed by atoms with van der Waals surface area (Å²) >= 11 is 6.04. The standard InChI is InChI=1S/C16H15ClFNO/c1-19(11-12-6-8-14(18)9-7-12)16(20)10-13-4-2-3-5-15(13)17/h2-9H,10-11H2,1H3. The van der Waals surface area contributed by atoms with Gasteiger partial charge in [0.15, 0.2) is 0 Å². The lowest BCUT2D eigenvalue weighted by Crippen LogP contribution is -2.27. The zero-order valence-corrected chi connectivity index (χ0v) is 11.9. The Morgan fingerprint density at radius 1 is 1.15 bits per heavy atom. The van der Waals surface area contributed by atoms with Crippen molar-refractivity contribution >= 4 is 17.5 Å². The Balaban J connectivity index is 1.99. The van der Waals surface area contributed by atoms with Crippen LogP contribution in [0.15, 0.2) is 48.5 Å². The molecule has 0 spiro atoms. The molecule has 2 aromatic rings. The molecule has 4 heteroatoms. The van der Waals surface area contributed by atoms with E-state index in [-0.39, 0.29) is 18.1 Å². The van der Waals surface area contributed by atoms with Crippen molar-refractivity contribution in [2.75, 3.05) is 7.05 Å². The molecule has 0 unspecified atom stereocenters. The fourth-order valence-electron chi connectivity index (χ4n) is 1.89. The van der Waals surface area contributed by atoms with Crippen LogP contribution in [0.25, 0.3) is 0 Å². The SMILES string of the molecule is CN(Cc1ccc(F)cc1)C(=O)Cc1ccccc1Cl. The Kier molecular flexibility index (Phi) is 4.74. The summed E-state index contributed by atoms with van der Waals surface area (Å²) in [6, 6.07) is 13.4. The summed E-state index contributed by atoms with van der Waals surface area (Å²) in [6.45, 7) is 0.448. The van der Waals surface area contributed by atoms with Gasteiger partial charge in [0.05, 0.1) is 6.42 Å². The predicted octanol–water partition coefficient (Wildman–Crippen LogP) is 3.68. The smallest absolute Gasteiger partial charge is 0.227 e. The third kappa shape index (κ3) is 3.81. The molecule has 0 aliphatic rings. The van der Waals surface area contributed by atoms with Crippen LogP contribution in [0, 0.1) is 5.82 Å². The first-order valence-corrected chi connectivity index (χ1v) is 6.66. The first-order valence-electron chi connectivity index (χ1n) is 6.28. The van der Waals surface area contributed by atoms with Crippen LogP contribution in [0.2, 0.25) is 5.02 Å². The van der Waals surface area contributed by atoms with Gasteiger partial charge in [0.2, 0.25) is 5.91 Å². The highest BCUT2D eigenvalue weighted by Crippen LogP contribution is 2.16. The zero-order valence-electron chi connectivity index (χ0n) is 11.1. The van der Waals surface area contributed by atoms with Crippen LogP contribution in [0.3, 0.4) is 0 Å². The molecular weight excluding hydrogens is 277 g/mol. The van der Waals surface area contributed by atoms with Crippen molar-refractivity contribution < 1.29 is 9.18 Å². The highest BCUT2D eigenvalue weighted by Gasteiger charge is 2.12. The Morgan fingerprint density at radius 2 is 1.80 bits per heavy atom. The molecule has 0 saturated heterocycles. The molecule has 0 aromatic heterocycles. The van der Waals surface area contributed by atoms with Crippen molar-refractivity contribution in [3.8, 4) is 0 Å². The summed E-state index contributed by atoms with van der Waals surface area (Å²) < 4.78 is 12.8. The monoisotopic (exact) mass is 291 g/mol. The normalized spacial score (nSPS) is 10.3. The lowest BCUT2D eigenvalue weighted by atomic mass is 10.1. The number of carbonyl (C=O) groups is 1. The van der Waals surface area contributed by atoms with E-state index in [9.17, 15) is 9.18 Å². The van der Waals surface area contributed by atoms with Crippen molar-refractivity contribution in [3.63, 3.8) is 0 Å². The molecule has 0 fully saturated rings. The second-order valence-electron chi connectivity index (χ2n) is 4.64. The van der Waals surface area contributed by atoms with Crippen LogP contribution < -0.4 is 0 Å². The second kappa shape index (κ2) is 6.53. The van der Waals surface area contributed by atoms with Crippen molar-refractivity contribution in [1.29, 1.82) is 0 Å². The molecule has 0 radical (unpaired) electrons. The van der Waals surface area contributed by atoms with Crippen molar-refractivity contribution in [3.05, 3.63) is 70.5 Å². The van der Waals surface area contributed by atoms with Gasteiger partial charge in [0.1, 0.15) is 5.82 Å². The number of hydrogen-bond donors (Lipinski definition) is 0. The average molecular weight is 292 g/mol. The summed E-state index contributed by atoms with van der Waals surface area (Å²) in [6.07, 6.45) is 0.261. The number of halogens is 2. The van der Waals surface area contributed by atoms with Gasteiger partial charge in [0.25, 0.3) is 0 Å². The maximum absolute atomic E-state index is 12.8. The van der Waals surface area contributed by atoms with E-state index in [2.05, 4.69) is 0 Å². The topological polar surface area (TPSA) is 20.3 Å². The third-order valence-electron chi connectivity index (χ3n) is 3.06. The van der Waals surface area contributed by atoms with Crippen LogP contribution >= 0.6 is 11.6 Å². The van der Waals surface area contributed by atoms with Crippen molar-refractivity contribution in [1.82, 2.24) is 4.90 Å². The molecule has 0 aliphatic carbocycles. The molecule has 0 heterocycles. The van der Waals surface area contributed by atoms with Gasteiger partial charge >= 0.3 is 0 Å². The fraction of sp³-hybridized carbons (Fsp3) is 0.188. The van der Waals surface area contributed by atoms with E-state index in [4.69, 9.17) is 11.6 Å². The number of amides is 1. The quantitative estimate of drug-likeness (QED) is 0.841. The Hall–Kier alpha value is -1.87. The van der Waals surface area contributed by atoms with Crippen LogP contribution in [0.1, 0.15) is 11.1 Å². The molecule has 2 nitrogen and oxygen atoms in total. The maximum atomic E-state index is 12.8. The highest BCUT2D eigenvalue weighted by molar-refractivity contribution is 6.31. The van der Waals surface area contributed by atoms with Crippen LogP contribution in [-0.2, 0) is 17.8 Å². The molecule has 2 rings (SSSR count). The lowest BCUT2D eigenvalue weighted by Gasteiger charge is -2.17. The maximum Gasteiger partial charge on any atom is 0.227 e. The van der Waals surface area contributed by atoms with Crippen molar-refractivity contribution in [2.45, 2.75) is 13.0 Å². The first kappa shape index (κ1) is 14.5. The number of benzene rings is 2. The number of carbonyl (C=O) groups excluding carboxylic acids is 1. The number of nitrogens with zero attached hydrogens (tertiary/aromatic N) is 1. The van der Waals surface area contributed by atoms with E-state index in [0.717, 1.165) is 11.1 Å². The lowest BCUT2D eigenvalue weighted by molar-refractivity contribution is -0.129. The number of hydrogen-bond acceptors (Lipinski definition) is 1. The third-order valence-corrected chi connectivity index (χ3v) is 3.43. The molecular formula is C16H15ClFNO. The van der Waals surface area contributed by atoms with Gasteiger partial charge in [-0.15, -0.1) is 0 Å². The molecule has 0 bridgehead atoms. The van der Waals surface area contributed by atoms with Gasteiger partial charge < -0.3 is 4.90 Å². The van der Waals surface area contributed by atoms with E-state index >= 15 is 0 Å². The fourth-order valence-corrected chi connectivity index (χ4v) is 2.09. The Labute approximate surface area is 122 Å². The average Bonchev–Trinajstić information content (AvgIpc) is 2.44. The largest absolute Gasteiger partial charge is 0.341 e. The molecule has 0 saturated carbocycles. The second-order valence-corrected chi connectivity index (χ2v) is 5.05. The summed E-state index contributed by atoms with van der Waals surface area (Å²) in [5.41, 5.74) is 1.70. The molecule has 0 N–H and O–H groups in total. The van der Waals surface area contributed by atoms with Crippen LogP contribution in [0.4, 0.5) is 4.39 Å². The molecule has 2 aromatic carbocycles. The zero-order chi connectivity index (χ0) is 14.5. The van der Waals surface area contributed by atoms with Gasteiger partial charge in [-0.3, -0.25) is 4.79 Å². The molecule has 104 valence electrons. The van der Waals surface area contributed by atoms with Gasteiger partial charge in [-0.2, -0.15) is 0 Å². The minimum atomic E-state index is -0.279.